The molecule has 3 heterocycles. The molecule has 0 N–H and O–H groups in total. The van der Waals surface area contributed by atoms with Gasteiger partial charge in [0.1, 0.15) is 11.6 Å². The van der Waals surface area contributed by atoms with Crippen LogP contribution < -0.4 is 9.64 Å². The number of pyridine rings is 1. The Balaban J connectivity index is 1.42. The molecule has 2 aliphatic heterocycles. The van der Waals surface area contributed by atoms with E-state index in [0.717, 1.165) is 5.56 Å². The normalized spacial score (nSPS) is 22.4. The van der Waals surface area contributed by atoms with Crippen molar-refractivity contribution in [2.45, 2.75) is 12.5 Å². The lowest BCUT2D eigenvalue weighted by Crippen LogP contribution is -2.51. The Bertz CT molecular complexity index is 825. The van der Waals surface area contributed by atoms with Crippen LogP contribution in [0.1, 0.15) is 18.1 Å². The summed E-state index contributed by atoms with van der Waals surface area (Å²) >= 11 is 0. The molecule has 2 aliphatic rings. The summed E-state index contributed by atoms with van der Waals surface area (Å²) in [6.07, 6.45) is 3.95. The predicted octanol–water partition coefficient (Wildman–Crippen LogP) is 2.66. The van der Waals surface area contributed by atoms with Crippen LogP contribution in [0.4, 0.5) is 10.1 Å². The topological polar surface area (TPSA) is 54.9 Å². The number of ether oxygens (including phenoxy) is 2. The fourth-order valence-corrected chi connectivity index (χ4v) is 3.98. The average Bonchev–Trinajstić information content (AvgIpc) is 3.24. The molecule has 2 fully saturated rings. The lowest BCUT2D eigenvalue weighted by Gasteiger charge is -2.37. The summed E-state index contributed by atoms with van der Waals surface area (Å²) in [5.74, 6) is 0.264. The summed E-state index contributed by atoms with van der Waals surface area (Å²) < 4.78 is 25.3. The van der Waals surface area contributed by atoms with Crippen molar-refractivity contribution in [3.8, 4) is 5.75 Å². The largest absolute Gasteiger partial charge is 0.497 e. The summed E-state index contributed by atoms with van der Waals surface area (Å²) in [5, 5.41) is 0. The van der Waals surface area contributed by atoms with E-state index >= 15 is 0 Å². The summed E-state index contributed by atoms with van der Waals surface area (Å²) in [6.45, 7) is 2.87. The van der Waals surface area contributed by atoms with Crippen LogP contribution in [0.25, 0.3) is 0 Å². The number of piperazine rings is 1. The van der Waals surface area contributed by atoms with Crippen LogP contribution in [0, 0.1) is 11.7 Å². The highest BCUT2D eigenvalue weighted by atomic mass is 19.1. The van der Waals surface area contributed by atoms with Crippen LogP contribution in [-0.4, -0.2) is 55.7 Å². The number of benzene rings is 1. The minimum atomic E-state index is -0.276. The average molecular weight is 385 g/mol. The molecule has 0 bridgehead atoms. The van der Waals surface area contributed by atoms with Gasteiger partial charge in [-0.2, -0.15) is 0 Å². The zero-order chi connectivity index (χ0) is 19.5. The molecule has 148 valence electrons. The number of hydrogen-bond donors (Lipinski definition) is 0. The number of methoxy groups -OCH3 is 1. The number of aromatic nitrogens is 1. The van der Waals surface area contributed by atoms with Gasteiger partial charge in [0.2, 0.25) is 5.91 Å². The van der Waals surface area contributed by atoms with E-state index in [-0.39, 0.29) is 23.7 Å². The lowest BCUT2D eigenvalue weighted by molar-refractivity contribution is -0.137. The van der Waals surface area contributed by atoms with Gasteiger partial charge in [-0.25, -0.2) is 4.39 Å². The number of carbonyl (C=O) groups is 1. The Morgan fingerprint density at radius 1 is 1.25 bits per heavy atom. The molecule has 2 aromatic rings. The number of hydrogen-bond acceptors (Lipinski definition) is 5. The highest BCUT2D eigenvalue weighted by Crippen LogP contribution is 2.36. The highest BCUT2D eigenvalue weighted by Gasteiger charge is 2.38. The van der Waals surface area contributed by atoms with Crippen molar-refractivity contribution in [3.05, 3.63) is 54.1 Å². The molecule has 0 unspecified atom stereocenters. The van der Waals surface area contributed by atoms with Gasteiger partial charge in [-0.3, -0.25) is 9.78 Å². The first-order valence-corrected chi connectivity index (χ1v) is 9.56. The van der Waals surface area contributed by atoms with Crippen molar-refractivity contribution in [3.63, 3.8) is 0 Å². The number of amides is 1. The number of rotatable bonds is 4. The first-order valence-electron chi connectivity index (χ1n) is 9.56. The monoisotopic (exact) mass is 385 g/mol. The minimum Gasteiger partial charge on any atom is -0.497 e. The Morgan fingerprint density at radius 2 is 2.07 bits per heavy atom. The van der Waals surface area contributed by atoms with E-state index in [1.54, 1.807) is 31.6 Å². The van der Waals surface area contributed by atoms with Crippen LogP contribution in [0.15, 0.2) is 42.7 Å². The molecule has 0 radical (unpaired) electrons. The smallest absolute Gasteiger partial charge is 0.228 e. The molecular formula is C21H24FN3O3. The molecule has 28 heavy (non-hydrogen) atoms. The summed E-state index contributed by atoms with van der Waals surface area (Å²) in [5.41, 5.74) is 1.46. The number of anilines is 1. The van der Waals surface area contributed by atoms with Crippen molar-refractivity contribution in [1.29, 1.82) is 0 Å². The predicted molar refractivity (Wildman–Crippen MR) is 103 cm³/mol. The number of carbonyl (C=O) groups excluding carboxylic acids is 1. The van der Waals surface area contributed by atoms with Gasteiger partial charge >= 0.3 is 0 Å². The molecule has 1 amide bonds. The third kappa shape index (κ3) is 3.67. The van der Waals surface area contributed by atoms with Crippen LogP contribution in [0.2, 0.25) is 0 Å². The van der Waals surface area contributed by atoms with E-state index in [0.29, 0.717) is 50.6 Å². The Kier molecular flexibility index (Phi) is 5.43. The van der Waals surface area contributed by atoms with Crippen LogP contribution in [-0.2, 0) is 9.53 Å². The van der Waals surface area contributed by atoms with Gasteiger partial charge in [0.25, 0.3) is 0 Å². The maximum atomic E-state index is 14.2. The van der Waals surface area contributed by atoms with Crippen LogP contribution >= 0.6 is 0 Å². The third-order valence-corrected chi connectivity index (χ3v) is 5.51. The zero-order valence-corrected chi connectivity index (χ0v) is 15.9. The van der Waals surface area contributed by atoms with E-state index in [9.17, 15) is 9.18 Å². The van der Waals surface area contributed by atoms with E-state index in [1.165, 1.54) is 6.07 Å². The van der Waals surface area contributed by atoms with E-state index in [4.69, 9.17) is 9.47 Å². The second-order valence-electron chi connectivity index (χ2n) is 7.10. The molecule has 7 heteroatoms. The van der Waals surface area contributed by atoms with Gasteiger partial charge in [-0.15, -0.1) is 0 Å². The maximum Gasteiger partial charge on any atom is 0.228 e. The van der Waals surface area contributed by atoms with Gasteiger partial charge in [0, 0.05) is 51.2 Å². The van der Waals surface area contributed by atoms with E-state index in [1.807, 2.05) is 21.9 Å². The Morgan fingerprint density at radius 3 is 2.79 bits per heavy atom. The van der Waals surface area contributed by atoms with Crippen molar-refractivity contribution in [2.24, 2.45) is 5.92 Å². The standard InChI is InChI=1S/C21H24FN3O3/c1-27-16-4-5-18(22)19(13-16)24-8-10-25(11-9-24)21(26)17-6-12-28-20(17)15-3-2-7-23-14-15/h2-5,7,13-14,17,20H,6,8-12H2,1H3/t17-,20+/m0/s1. The summed E-state index contributed by atoms with van der Waals surface area (Å²) in [6, 6.07) is 8.54. The third-order valence-electron chi connectivity index (χ3n) is 5.51. The second-order valence-corrected chi connectivity index (χ2v) is 7.10. The summed E-state index contributed by atoms with van der Waals surface area (Å²) in [4.78, 5) is 21.1. The molecule has 6 nitrogen and oxygen atoms in total. The van der Waals surface area contributed by atoms with Gasteiger partial charge in [0.15, 0.2) is 0 Å². The molecule has 1 aromatic carbocycles. The van der Waals surface area contributed by atoms with Gasteiger partial charge in [-0.05, 0) is 30.2 Å². The first kappa shape index (κ1) is 18.7. The second kappa shape index (κ2) is 8.14. The van der Waals surface area contributed by atoms with Crippen molar-refractivity contribution in [1.82, 2.24) is 9.88 Å². The summed E-state index contributed by atoms with van der Waals surface area (Å²) in [7, 11) is 1.57. The SMILES string of the molecule is COc1ccc(F)c(N2CCN(C(=O)[C@H]3CCO[C@@H]3c3cccnc3)CC2)c1. The molecule has 0 aliphatic carbocycles. The fraction of sp³-hybridized carbons (Fsp3) is 0.429. The molecule has 0 spiro atoms. The van der Waals surface area contributed by atoms with Crippen LogP contribution in [0.3, 0.4) is 0 Å². The lowest BCUT2D eigenvalue weighted by atomic mass is 9.94. The Labute approximate surface area is 163 Å². The highest BCUT2D eigenvalue weighted by molar-refractivity contribution is 5.80. The minimum absolute atomic E-state index is 0.108. The molecule has 4 rings (SSSR count). The number of nitrogens with zero attached hydrogens (tertiary/aromatic N) is 3. The van der Waals surface area contributed by atoms with E-state index in [2.05, 4.69) is 4.98 Å². The number of halogens is 1. The fourth-order valence-electron chi connectivity index (χ4n) is 3.98. The maximum absolute atomic E-state index is 14.2. The Hall–Kier alpha value is -2.67. The van der Waals surface area contributed by atoms with E-state index < -0.39 is 0 Å². The molecule has 2 saturated heterocycles. The zero-order valence-electron chi connectivity index (χ0n) is 15.9. The van der Waals surface area contributed by atoms with Gasteiger partial charge < -0.3 is 19.3 Å². The first-order chi connectivity index (χ1) is 13.7. The molecule has 1 aromatic heterocycles. The van der Waals surface area contributed by atoms with Crippen LogP contribution in [0.5, 0.6) is 5.75 Å². The van der Waals surface area contributed by atoms with Crippen molar-refractivity contribution < 1.29 is 18.7 Å². The van der Waals surface area contributed by atoms with Crippen molar-refractivity contribution in [2.75, 3.05) is 44.8 Å². The van der Waals surface area contributed by atoms with Gasteiger partial charge in [0.05, 0.1) is 24.8 Å². The molecule has 2 atom stereocenters. The molecular weight excluding hydrogens is 361 g/mol. The van der Waals surface area contributed by atoms with Crippen molar-refractivity contribution >= 4 is 11.6 Å². The quantitative estimate of drug-likeness (QED) is 0.810. The van der Waals surface area contributed by atoms with Gasteiger partial charge in [-0.1, -0.05) is 6.07 Å². The molecule has 0 saturated carbocycles.